The molecule has 2 heteroatoms. The van der Waals surface area contributed by atoms with E-state index < -0.39 is 0 Å². The number of phenolic OH excluding ortho intramolecular Hbond substituents is 2. The zero-order valence-corrected chi connectivity index (χ0v) is 8.69. The molecule has 0 radical (unpaired) electrons. The van der Waals surface area contributed by atoms with Crippen LogP contribution in [-0.4, -0.2) is 10.2 Å². The van der Waals surface area contributed by atoms with Crippen molar-refractivity contribution < 1.29 is 10.2 Å². The molecule has 3 rings (SSSR count). The van der Waals surface area contributed by atoms with Crippen molar-refractivity contribution in [3.63, 3.8) is 0 Å². The number of hydrogen-bond donors (Lipinski definition) is 2. The summed E-state index contributed by atoms with van der Waals surface area (Å²) < 4.78 is 0. The van der Waals surface area contributed by atoms with E-state index in [1.54, 1.807) is 12.1 Å². The van der Waals surface area contributed by atoms with E-state index in [1.807, 2.05) is 6.07 Å². The van der Waals surface area contributed by atoms with Crippen molar-refractivity contribution in [2.24, 2.45) is 11.8 Å². The Balaban J connectivity index is 1.90. The summed E-state index contributed by atoms with van der Waals surface area (Å²) in [6.07, 6.45) is 5.38. The topological polar surface area (TPSA) is 40.5 Å². The Morgan fingerprint density at radius 1 is 1.00 bits per heavy atom. The second-order valence-electron chi connectivity index (χ2n) is 5.03. The molecule has 80 valence electrons. The molecule has 2 nitrogen and oxygen atoms in total. The molecule has 0 unspecified atom stereocenters. The maximum atomic E-state index is 9.48. The third-order valence-corrected chi connectivity index (χ3v) is 4.17. The van der Waals surface area contributed by atoms with Gasteiger partial charge in [-0.25, -0.2) is 0 Å². The predicted octanol–water partition coefficient (Wildman–Crippen LogP) is 3.00. The van der Waals surface area contributed by atoms with Crippen LogP contribution in [0.2, 0.25) is 0 Å². The maximum absolute atomic E-state index is 9.48. The molecule has 15 heavy (non-hydrogen) atoms. The van der Waals surface area contributed by atoms with Gasteiger partial charge in [-0.15, -0.1) is 0 Å². The van der Waals surface area contributed by atoms with Crippen LogP contribution in [0.15, 0.2) is 18.2 Å². The van der Waals surface area contributed by atoms with Crippen LogP contribution in [0.25, 0.3) is 0 Å². The molecule has 0 spiro atoms. The van der Waals surface area contributed by atoms with E-state index in [1.165, 1.54) is 31.2 Å². The van der Waals surface area contributed by atoms with Crippen LogP contribution in [0, 0.1) is 11.8 Å². The van der Waals surface area contributed by atoms with Gasteiger partial charge in [0, 0.05) is 0 Å². The first-order chi connectivity index (χ1) is 7.24. The molecule has 0 heterocycles. The van der Waals surface area contributed by atoms with E-state index in [9.17, 15) is 10.2 Å². The van der Waals surface area contributed by atoms with Crippen LogP contribution in [0.5, 0.6) is 11.5 Å². The van der Waals surface area contributed by atoms with Gasteiger partial charge in [0.2, 0.25) is 0 Å². The van der Waals surface area contributed by atoms with Crippen LogP contribution >= 0.6 is 0 Å². The predicted molar refractivity (Wildman–Crippen MR) is 58.0 cm³/mol. The van der Waals surface area contributed by atoms with Crippen LogP contribution in [-0.2, 0) is 0 Å². The first-order valence-electron chi connectivity index (χ1n) is 5.76. The zero-order valence-electron chi connectivity index (χ0n) is 8.69. The summed E-state index contributed by atoms with van der Waals surface area (Å²) in [7, 11) is 0. The summed E-state index contributed by atoms with van der Waals surface area (Å²) >= 11 is 0. The fourth-order valence-electron chi connectivity index (χ4n) is 3.42. The molecule has 2 bridgehead atoms. The highest BCUT2D eigenvalue weighted by Gasteiger charge is 2.40. The molecule has 2 N–H and O–H groups in total. The molecular weight excluding hydrogens is 188 g/mol. The van der Waals surface area contributed by atoms with Gasteiger partial charge in [-0.3, -0.25) is 0 Å². The molecule has 2 aliphatic carbocycles. The van der Waals surface area contributed by atoms with Gasteiger partial charge in [0.15, 0.2) is 11.5 Å². The van der Waals surface area contributed by atoms with Crippen molar-refractivity contribution in [2.45, 2.75) is 31.6 Å². The molecule has 2 saturated carbocycles. The Bertz CT molecular complexity index is 386. The fourth-order valence-corrected chi connectivity index (χ4v) is 3.42. The van der Waals surface area contributed by atoms with Gasteiger partial charge in [0.05, 0.1) is 0 Å². The van der Waals surface area contributed by atoms with E-state index in [0.717, 1.165) is 11.8 Å². The minimum Gasteiger partial charge on any atom is -0.504 e. The second kappa shape index (κ2) is 3.16. The number of aromatic hydroxyl groups is 2. The van der Waals surface area contributed by atoms with Crippen molar-refractivity contribution in [3.8, 4) is 11.5 Å². The molecule has 0 aromatic heterocycles. The highest BCUT2D eigenvalue weighted by molar-refractivity contribution is 5.42. The number of rotatable bonds is 1. The lowest BCUT2D eigenvalue weighted by Crippen LogP contribution is -2.08. The Morgan fingerprint density at radius 3 is 2.47 bits per heavy atom. The first kappa shape index (κ1) is 9.08. The van der Waals surface area contributed by atoms with E-state index in [-0.39, 0.29) is 11.5 Å². The normalized spacial score (nSPS) is 33.5. The molecule has 2 aliphatic rings. The Labute approximate surface area is 89.6 Å². The van der Waals surface area contributed by atoms with Crippen LogP contribution in [0.4, 0.5) is 0 Å². The van der Waals surface area contributed by atoms with Crippen molar-refractivity contribution in [1.29, 1.82) is 0 Å². The summed E-state index contributed by atoms with van der Waals surface area (Å²) in [5, 5.41) is 18.7. The first-order valence-corrected chi connectivity index (χ1v) is 5.76. The maximum Gasteiger partial charge on any atom is 0.157 e. The second-order valence-corrected chi connectivity index (χ2v) is 5.03. The minimum absolute atomic E-state index is 0.0121. The quantitative estimate of drug-likeness (QED) is 0.690. The average molecular weight is 204 g/mol. The Kier molecular flexibility index (Phi) is 1.91. The standard InChI is InChI=1S/C13H16O2/c14-12-4-3-10(7-13(12)15)11-6-8-1-2-9(11)5-8/h3-4,7-9,11,14-15H,1-2,5-6H2/t8-,9-,11+/m1/s1. The summed E-state index contributed by atoms with van der Waals surface area (Å²) in [6.45, 7) is 0. The summed E-state index contributed by atoms with van der Waals surface area (Å²) in [5.74, 6) is 2.36. The van der Waals surface area contributed by atoms with E-state index in [2.05, 4.69) is 0 Å². The Morgan fingerprint density at radius 2 is 1.87 bits per heavy atom. The summed E-state index contributed by atoms with van der Waals surface area (Å²) in [5.41, 5.74) is 1.21. The van der Waals surface area contributed by atoms with E-state index in [0.29, 0.717) is 5.92 Å². The molecule has 1 aromatic carbocycles. The summed E-state index contributed by atoms with van der Waals surface area (Å²) in [6, 6.07) is 5.30. The SMILES string of the molecule is Oc1ccc([C@H]2C[C@@H]3CC[C@@H]2C3)cc1O. The number of benzene rings is 1. The highest BCUT2D eigenvalue weighted by Crippen LogP contribution is 2.53. The molecule has 1 aromatic rings. The van der Waals surface area contributed by atoms with Crippen molar-refractivity contribution in [1.82, 2.24) is 0 Å². The molecule has 0 amide bonds. The average Bonchev–Trinajstić information content (AvgIpc) is 2.83. The Hall–Kier alpha value is -1.18. The van der Waals surface area contributed by atoms with Gasteiger partial charge in [-0.05, 0) is 54.7 Å². The summed E-state index contributed by atoms with van der Waals surface area (Å²) in [4.78, 5) is 0. The zero-order chi connectivity index (χ0) is 10.4. The van der Waals surface area contributed by atoms with Gasteiger partial charge in [-0.2, -0.15) is 0 Å². The van der Waals surface area contributed by atoms with Crippen molar-refractivity contribution >= 4 is 0 Å². The van der Waals surface area contributed by atoms with E-state index >= 15 is 0 Å². The van der Waals surface area contributed by atoms with Gasteiger partial charge in [0.1, 0.15) is 0 Å². The van der Waals surface area contributed by atoms with Gasteiger partial charge >= 0.3 is 0 Å². The monoisotopic (exact) mass is 204 g/mol. The van der Waals surface area contributed by atoms with Crippen LogP contribution < -0.4 is 0 Å². The lowest BCUT2D eigenvalue weighted by molar-refractivity contribution is 0.395. The van der Waals surface area contributed by atoms with Gasteiger partial charge in [0.25, 0.3) is 0 Å². The molecule has 0 aliphatic heterocycles. The number of fused-ring (bicyclic) bond motifs is 2. The third-order valence-electron chi connectivity index (χ3n) is 4.17. The number of hydrogen-bond acceptors (Lipinski definition) is 2. The van der Waals surface area contributed by atoms with Crippen LogP contribution in [0.1, 0.15) is 37.2 Å². The highest BCUT2D eigenvalue weighted by atomic mass is 16.3. The van der Waals surface area contributed by atoms with Crippen LogP contribution in [0.3, 0.4) is 0 Å². The smallest absolute Gasteiger partial charge is 0.157 e. The molecule has 0 saturated heterocycles. The van der Waals surface area contributed by atoms with Crippen molar-refractivity contribution in [2.75, 3.05) is 0 Å². The molecule has 2 fully saturated rings. The van der Waals surface area contributed by atoms with Gasteiger partial charge < -0.3 is 10.2 Å². The fraction of sp³-hybridized carbons (Fsp3) is 0.538. The van der Waals surface area contributed by atoms with Crippen molar-refractivity contribution in [3.05, 3.63) is 23.8 Å². The number of phenols is 2. The van der Waals surface area contributed by atoms with Gasteiger partial charge in [-0.1, -0.05) is 12.5 Å². The molecular formula is C13H16O2. The molecule has 3 atom stereocenters. The lowest BCUT2D eigenvalue weighted by Gasteiger charge is -2.22. The minimum atomic E-state index is -0.0121. The largest absolute Gasteiger partial charge is 0.504 e. The van der Waals surface area contributed by atoms with E-state index in [4.69, 9.17) is 0 Å². The lowest BCUT2D eigenvalue weighted by atomic mass is 9.83. The third kappa shape index (κ3) is 1.39.